The molecule has 0 aliphatic carbocycles. The quantitative estimate of drug-likeness (QED) is 0.237. The van der Waals surface area contributed by atoms with Gasteiger partial charge in [-0.15, -0.1) is 0 Å². The predicted octanol–water partition coefficient (Wildman–Crippen LogP) is 3.63. The highest BCUT2D eigenvalue weighted by atomic mass is 16.7. The van der Waals surface area contributed by atoms with Crippen molar-refractivity contribution in [3.05, 3.63) is 12.2 Å². The zero-order chi connectivity index (χ0) is 33.6. The van der Waals surface area contributed by atoms with Crippen LogP contribution >= 0.6 is 0 Å². The summed E-state index contributed by atoms with van der Waals surface area (Å²) in [4.78, 5) is 53.0. The molecule has 13 atom stereocenters. The number of rotatable bonds is 8. The molecular weight excluding hydrogens is 582 g/mol. The molecule has 0 aromatic heterocycles. The summed E-state index contributed by atoms with van der Waals surface area (Å²) < 4.78 is 30.6. The van der Waals surface area contributed by atoms with E-state index < -0.39 is 66.0 Å². The third kappa shape index (κ3) is 9.44. The predicted molar refractivity (Wildman–Crippen MR) is 166 cm³/mol. The maximum Gasteiger partial charge on any atom is 0.308 e. The van der Waals surface area contributed by atoms with E-state index in [-0.39, 0.29) is 55.6 Å². The summed E-state index contributed by atoms with van der Waals surface area (Å²) in [5.74, 6) is -2.87. The summed E-state index contributed by atoms with van der Waals surface area (Å²) in [6.07, 6.45) is 0.746. The number of ether oxygens (including phenoxy) is 5. The Morgan fingerprint density at radius 3 is 2.40 bits per heavy atom. The number of aliphatic hydroxyl groups is 1. The first-order valence-electron chi connectivity index (χ1n) is 16.5. The molecule has 2 fully saturated rings. The maximum atomic E-state index is 13.3. The van der Waals surface area contributed by atoms with Gasteiger partial charge in [-0.1, -0.05) is 34.6 Å². The lowest BCUT2D eigenvalue weighted by molar-refractivity contribution is -0.286. The second-order valence-corrected chi connectivity index (χ2v) is 13.7. The smallest absolute Gasteiger partial charge is 0.308 e. The number of esters is 2. The lowest BCUT2D eigenvalue weighted by Crippen LogP contribution is -2.57. The monoisotopic (exact) mass is 637 g/mol. The van der Waals surface area contributed by atoms with Crippen LogP contribution in [0.25, 0.3) is 0 Å². The number of likely N-dealkylation sites (N-methyl/N-ethyl adjacent to an activating group) is 1. The lowest BCUT2D eigenvalue weighted by Gasteiger charge is -2.45. The number of aliphatic hydroxyl groups excluding tert-OH is 1. The molecule has 2 saturated heterocycles. The summed E-state index contributed by atoms with van der Waals surface area (Å²) >= 11 is 0. The second-order valence-electron chi connectivity index (χ2n) is 13.7. The summed E-state index contributed by atoms with van der Waals surface area (Å²) in [6, 6.07) is -0.214. The van der Waals surface area contributed by atoms with Gasteiger partial charge < -0.3 is 38.5 Å². The molecule has 0 aromatic carbocycles. The molecule has 11 nitrogen and oxygen atoms in total. The average Bonchev–Trinajstić information content (AvgIpc) is 3.67. The number of nitrogens with zero attached hydrogens (tertiary/aromatic N) is 1. The largest absolute Gasteiger partial charge is 0.462 e. The van der Waals surface area contributed by atoms with Crippen LogP contribution in [0.1, 0.15) is 87.0 Å². The molecule has 0 bridgehead atoms. The third-order valence-corrected chi connectivity index (χ3v) is 9.82. The van der Waals surface area contributed by atoms with E-state index in [4.69, 9.17) is 23.7 Å². The fraction of sp³-hybridized carbons (Fsp3) is 0.824. The topological polar surface area (TPSA) is 141 Å². The van der Waals surface area contributed by atoms with Crippen molar-refractivity contribution in [3.8, 4) is 0 Å². The number of hydrogen-bond acceptors (Lipinski definition) is 11. The molecule has 3 rings (SSSR count). The number of hydrogen-bond donors (Lipinski definition) is 1. The van der Waals surface area contributed by atoms with E-state index in [2.05, 4.69) is 0 Å². The van der Waals surface area contributed by atoms with Gasteiger partial charge in [0.05, 0.1) is 36.9 Å². The first-order valence-corrected chi connectivity index (χ1v) is 16.5. The van der Waals surface area contributed by atoms with Crippen molar-refractivity contribution < 1.29 is 48.0 Å². The van der Waals surface area contributed by atoms with Crippen LogP contribution in [-0.4, -0.2) is 103 Å². The summed E-state index contributed by atoms with van der Waals surface area (Å²) in [5.41, 5.74) is -0.656. The maximum absolute atomic E-state index is 13.3. The standard InChI is InChI=1S/C34H55NO10/c1-10-27-22(6)32-34(7,45-32)14-12-25(37)19(3)16-23(13-15-36)30(21(5)26(38)18-29(40)42-27)44-33-31(43-28(39)11-2)24(35(8)9)17-20(4)41-33/h12,14-15,19-24,26-27,30-33,38H,10-11,13,16-18H2,1-9H3/b14-12+/t19-,20-,21+,22-,23+,24+,26-,27-,30?,31-,32+,33+,34+/m1/s1. The number of carbonyl (C=O) groups excluding carboxylic acids is 4. The molecule has 0 amide bonds. The van der Waals surface area contributed by atoms with E-state index in [1.165, 1.54) is 6.08 Å². The number of fused-ring (bicyclic) bond motifs is 1. The highest BCUT2D eigenvalue weighted by molar-refractivity contribution is 5.91. The van der Waals surface area contributed by atoms with Crippen molar-refractivity contribution in [2.45, 2.75) is 142 Å². The van der Waals surface area contributed by atoms with E-state index >= 15 is 0 Å². The van der Waals surface area contributed by atoms with E-state index in [9.17, 15) is 24.3 Å². The average molecular weight is 638 g/mol. The second kappa shape index (κ2) is 16.1. The van der Waals surface area contributed by atoms with Crippen molar-refractivity contribution in [1.29, 1.82) is 0 Å². The van der Waals surface area contributed by atoms with Gasteiger partial charge in [-0.2, -0.15) is 0 Å². The first-order chi connectivity index (χ1) is 21.1. The minimum atomic E-state index is -1.19. The Labute approximate surface area is 268 Å². The highest BCUT2D eigenvalue weighted by Gasteiger charge is 2.55. The number of epoxide rings is 1. The van der Waals surface area contributed by atoms with E-state index in [1.807, 2.05) is 46.7 Å². The van der Waals surface area contributed by atoms with Gasteiger partial charge in [0.2, 0.25) is 0 Å². The number of allylic oxidation sites excluding steroid dienone is 1. The Morgan fingerprint density at radius 1 is 1.11 bits per heavy atom. The minimum Gasteiger partial charge on any atom is -0.462 e. The fourth-order valence-corrected chi connectivity index (χ4v) is 6.84. The Kier molecular flexibility index (Phi) is 13.3. The van der Waals surface area contributed by atoms with Gasteiger partial charge in [0, 0.05) is 30.6 Å². The molecule has 0 aromatic rings. The molecule has 3 heterocycles. The van der Waals surface area contributed by atoms with Crippen molar-refractivity contribution >= 4 is 24.0 Å². The van der Waals surface area contributed by atoms with Crippen LogP contribution in [0.5, 0.6) is 0 Å². The van der Waals surface area contributed by atoms with Gasteiger partial charge in [0.1, 0.15) is 18.0 Å². The highest BCUT2D eigenvalue weighted by Crippen LogP contribution is 2.45. The van der Waals surface area contributed by atoms with Crippen LogP contribution in [0.2, 0.25) is 0 Å². The number of cyclic esters (lactones) is 1. The molecule has 0 radical (unpaired) electrons. The molecule has 0 spiro atoms. The summed E-state index contributed by atoms with van der Waals surface area (Å²) in [5, 5.41) is 11.4. The van der Waals surface area contributed by atoms with E-state index in [1.54, 1.807) is 26.8 Å². The van der Waals surface area contributed by atoms with Crippen molar-refractivity contribution in [1.82, 2.24) is 4.90 Å². The Balaban J connectivity index is 2.01. The van der Waals surface area contributed by atoms with Crippen molar-refractivity contribution in [2.75, 3.05) is 14.1 Å². The van der Waals surface area contributed by atoms with Crippen LogP contribution in [0.3, 0.4) is 0 Å². The molecule has 256 valence electrons. The number of carbonyl (C=O) groups is 4. The summed E-state index contributed by atoms with van der Waals surface area (Å²) in [6.45, 7) is 13.0. The Hall–Kier alpha value is -2.18. The SMILES string of the molecule is CCC(=O)O[C@H]1[C@H](OC2[C@@H](CC=O)C[C@@H](C)C(=O)/C=C/[C@]3(C)O[C@H]3[C@H](C)[C@@H](CC)OC(=O)C[C@@H](O)[C@@H]2C)O[C@H](C)C[C@@H]1N(C)C. The Morgan fingerprint density at radius 2 is 1.80 bits per heavy atom. The third-order valence-electron chi connectivity index (χ3n) is 9.82. The van der Waals surface area contributed by atoms with Gasteiger partial charge in [-0.25, -0.2) is 0 Å². The Bertz CT molecular complexity index is 1060. The van der Waals surface area contributed by atoms with Gasteiger partial charge in [-0.05, 0) is 65.3 Å². The molecular formula is C34H55NO10. The van der Waals surface area contributed by atoms with Crippen LogP contribution in [0.15, 0.2) is 12.2 Å². The summed E-state index contributed by atoms with van der Waals surface area (Å²) in [7, 11) is 3.79. The molecule has 1 N–H and O–H groups in total. The zero-order valence-electron chi connectivity index (χ0n) is 28.5. The molecule has 0 saturated carbocycles. The van der Waals surface area contributed by atoms with Gasteiger partial charge >= 0.3 is 11.9 Å². The fourth-order valence-electron chi connectivity index (χ4n) is 6.84. The lowest BCUT2D eigenvalue weighted by atomic mass is 9.79. The molecule has 3 aliphatic heterocycles. The first kappa shape index (κ1) is 37.3. The van der Waals surface area contributed by atoms with E-state index in [0.29, 0.717) is 12.8 Å². The molecule has 1 unspecified atom stereocenters. The normalized spacial score (nSPS) is 42.4. The van der Waals surface area contributed by atoms with Crippen LogP contribution in [0, 0.1) is 23.7 Å². The van der Waals surface area contributed by atoms with Crippen molar-refractivity contribution in [3.63, 3.8) is 0 Å². The molecule has 11 heteroatoms. The van der Waals surface area contributed by atoms with Crippen LogP contribution in [-0.2, 0) is 42.9 Å². The van der Waals surface area contributed by atoms with Crippen molar-refractivity contribution in [2.24, 2.45) is 23.7 Å². The number of ketones is 1. The minimum absolute atomic E-state index is 0.0463. The van der Waals surface area contributed by atoms with Gasteiger partial charge in [0.25, 0.3) is 0 Å². The molecule has 45 heavy (non-hydrogen) atoms. The molecule has 3 aliphatic rings. The van der Waals surface area contributed by atoms with E-state index in [0.717, 1.165) is 6.29 Å². The van der Waals surface area contributed by atoms with Crippen LogP contribution in [0.4, 0.5) is 0 Å². The zero-order valence-corrected chi connectivity index (χ0v) is 28.5. The van der Waals surface area contributed by atoms with Gasteiger partial charge in [0.15, 0.2) is 18.2 Å². The van der Waals surface area contributed by atoms with Gasteiger partial charge in [-0.3, -0.25) is 14.4 Å². The number of aldehydes is 1. The van der Waals surface area contributed by atoms with Crippen LogP contribution < -0.4 is 0 Å².